The van der Waals surface area contributed by atoms with Gasteiger partial charge in [-0.25, -0.2) is 4.39 Å². The molecule has 66 valence electrons. The van der Waals surface area contributed by atoms with Gasteiger partial charge in [0.2, 0.25) is 0 Å². The van der Waals surface area contributed by atoms with E-state index in [4.69, 9.17) is 0 Å². The Morgan fingerprint density at radius 1 is 1.67 bits per heavy atom. The predicted molar refractivity (Wildman–Crippen MR) is 52.6 cm³/mol. The number of halogens is 3. The van der Waals surface area contributed by atoms with Crippen molar-refractivity contribution in [2.75, 3.05) is 5.33 Å². The molecule has 0 saturated carbocycles. The van der Waals surface area contributed by atoms with E-state index in [1.807, 2.05) is 0 Å². The Balaban J connectivity index is 0.00000121. The highest BCUT2D eigenvalue weighted by Crippen LogP contribution is 2.06. The second kappa shape index (κ2) is 5.37. The summed E-state index contributed by atoms with van der Waals surface area (Å²) < 4.78 is 12.7. The summed E-state index contributed by atoms with van der Waals surface area (Å²) in [6, 6.07) is 1.36. The van der Waals surface area contributed by atoms with Gasteiger partial charge < -0.3 is 0 Å². The molecule has 0 fully saturated rings. The first-order chi connectivity index (χ1) is 5.25. The number of ketones is 1. The molecule has 0 spiro atoms. The third kappa shape index (κ3) is 2.64. The van der Waals surface area contributed by atoms with E-state index in [0.717, 1.165) is 6.20 Å². The summed E-state index contributed by atoms with van der Waals surface area (Å²) in [5.74, 6) is -0.846. The number of Topliss-reactive ketones (excluding diaryl/α,β-unsaturated/α-hetero) is 1. The van der Waals surface area contributed by atoms with Gasteiger partial charge in [0.05, 0.1) is 17.1 Å². The Bertz CT molecular complexity index is 280. The summed E-state index contributed by atoms with van der Waals surface area (Å²) in [6.45, 7) is 0. The molecular formula is C7H6Br2FNO. The minimum Gasteiger partial charge on any atom is -0.293 e. The zero-order chi connectivity index (χ0) is 8.27. The summed E-state index contributed by atoms with van der Waals surface area (Å²) in [6.07, 6.45) is 2.41. The van der Waals surface area contributed by atoms with Gasteiger partial charge in [-0.2, -0.15) is 0 Å². The average molecular weight is 299 g/mol. The monoisotopic (exact) mass is 297 g/mol. The van der Waals surface area contributed by atoms with E-state index < -0.39 is 5.82 Å². The van der Waals surface area contributed by atoms with Crippen molar-refractivity contribution in [3.8, 4) is 0 Å². The zero-order valence-electron chi connectivity index (χ0n) is 5.96. The fourth-order valence-corrected chi connectivity index (χ4v) is 0.975. The zero-order valence-corrected chi connectivity index (χ0v) is 9.26. The van der Waals surface area contributed by atoms with Crippen LogP contribution in [0.1, 0.15) is 10.4 Å². The number of nitrogens with zero attached hydrogens (tertiary/aromatic N) is 1. The van der Waals surface area contributed by atoms with Crippen LogP contribution in [0.2, 0.25) is 0 Å². The highest BCUT2D eigenvalue weighted by molar-refractivity contribution is 9.09. The van der Waals surface area contributed by atoms with Gasteiger partial charge in [0.1, 0.15) is 0 Å². The van der Waals surface area contributed by atoms with Crippen LogP contribution in [0.5, 0.6) is 0 Å². The van der Waals surface area contributed by atoms with Crippen LogP contribution in [0.25, 0.3) is 0 Å². The molecule has 1 rings (SSSR count). The number of carbonyl (C=O) groups is 1. The molecule has 0 aliphatic carbocycles. The van der Waals surface area contributed by atoms with Crippen molar-refractivity contribution in [3.63, 3.8) is 0 Å². The number of alkyl halides is 1. The van der Waals surface area contributed by atoms with E-state index in [2.05, 4.69) is 20.9 Å². The molecule has 0 bridgehead atoms. The van der Waals surface area contributed by atoms with E-state index in [9.17, 15) is 9.18 Å². The smallest absolute Gasteiger partial charge is 0.176 e. The normalized spacial score (nSPS) is 8.83. The molecule has 1 aromatic heterocycles. The maximum atomic E-state index is 12.7. The number of hydrogen-bond donors (Lipinski definition) is 0. The molecule has 0 unspecified atom stereocenters. The minimum absolute atomic E-state index is 0. The lowest BCUT2D eigenvalue weighted by molar-refractivity contribution is 0.102. The number of pyridine rings is 1. The quantitative estimate of drug-likeness (QED) is 0.620. The first-order valence-corrected chi connectivity index (χ1v) is 4.06. The Kier molecular flexibility index (Phi) is 5.24. The molecule has 1 aromatic rings. The Morgan fingerprint density at radius 2 is 2.33 bits per heavy atom. The largest absolute Gasteiger partial charge is 0.293 e. The van der Waals surface area contributed by atoms with Crippen molar-refractivity contribution >= 4 is 38.7 Å². The molecule has 0 N–H and O–H groups in total. The predicted octanol–water partition coefficient (Wildman–Crippen LogP) is 2.38. The Labute approximate surface area is 88.1 Å². The number of aromatic nitrogens is 1. The van der Waals surface area contributed by atoms with Crippen LogP contribution in [0.3, 0.4) is 0 Å². The van der Waals surface area contributed by atoms with Crippen molar-refractivity contribution in [3.05, 3.63) is 29.8 Å². The second-order valence-electron chi connectivity index (χ2n) is 1.91. The molecule has 1 heterocycles. The van der Waals surface area contributed by atoms with Gasteiger partial charge in [-0.15, -0.1) is 17.0 Å². The lowest BCUT2D eigenvalue weighted by Gasteiger charge is -1.96. The van der Waals surface area contributed by atoms with Gasteiger partial charge >= 0.3 is 0 Å². The molecule has 12 heavy (non-hydrogen) atoms. The molecule has 0 aromatic carbocycles. The fraction of sp³-hybridized carbons (Fsp3) is 0.143. The SMILES string of the molecule is Br.O=C(CBr)c1ccncc1F. The van der Waals surface area contributed by atoms with Crippen molar-refractivity contribution < 1.29 is 9.18 Å². The van der Waals surface area contributed by atoms with E-state index in [1.165, 1.54) is 12.3 Å². The van der Waals surface area contributed by atoms with E-state index >= 15 is 0 Å². The Morgan fingerprint density at radius 3 is 2.83 bits per heavy atom. The van der Waals surface area contributed by atoms with Gasteiger partial charge in [0.25, 0.3) is 0 Å². The van der Waals surface area contributed by atoms with Crippen molar-refractivity contribution in [2.24, 2.45) is 0 Å². The molecule has 5 heteroatoms. The molecule has 2 nitrogen and oxygen atoms in total. The summed E-state index contributed by atoms with van der Waals surface area (Å²) in [5.41, 5.74) is 0.0804. The fourth-order valence-electron chi connectivity index (χ4n) is 0.673. The van der Waals surface area contributed by atoms with Crippen molar-refractivity contribution in [1.29, 1.82) is 0 Å². The van der Waals surface area contributed by atoms with Crippen LogP contribution in [0, 0.1) is 5.82 Å². The second-order valence-corrected chi connectivity index (χ2v) is 2.47. The van der Waals surface area contributed by atoms with Gasteiger partial charge in [0, 0.05) is 6.20 Å². The first kappa shape index (κ1) is 11.7. The van der Waals surface area contributed by atoms with Crippen molar-refractivity contribution in [2.45, 2.75) is 0 Å². The van der Waals surface area contributed by atoms with E-state index in [-0.39, 0.29) is 33.7 Å². The Hall–Kier alpha value is -0.290. The summed E-state index contributed by atoms with van der Waals surface area (Å²) in [7, 11) is 0. The molecule has 0 aliphatic rings. The van der Waals surface area contributed by atoms with Gasteiger partial charge in [-0.05, 0) is 6.07 Å². The topological polar surface area (TPSA) is 30.0 Å². The molecule has 0 radical (unpaired) electrons. The number of rotatable bonds is 2. The third-order valence-electron chi connectivity index (χ3n) is 1.19. The molecule has 0 atom stereocenters. The number of hydrogen-bond acceptors (Lipinski definition) is 2. The van der Waals surface area contributed by atoms with Crippen LogP contribution < -0.4 is 0 Å². The van der Waals surface area contributed by atoms with Gasteiger partial charge in [-0.1, -0.05) is 15.9 Å². The maximum Gasteiger partial charge on any atom is 0.176 e. The van der Waals surface area contributed by atoms with Gasteiger partial charge in [-0.3, -0.25) is 9.78 Å². The minimum atomic E-state index is -0.572. The van der Waals surface area contributed by atoms with E-state index in [1.54, 1.807) is 0 Å². The van der Waals surface area contributed by atoms with Crippen LogP contribution in [-0.2, 0) is 0 Å². The first-order valence-electron chi connectivity index (χ1n) is 2.94. The van der Waals surface area contributed by atoms with Crippen LogP contribution in [0.15, 0.2) is 18.5 Å². The lowest BCUT2D eigenvalue weighted by Crippen LogP contribution is -2.03. The van der Waals surface area contributed by atoms with Crippen LogP contribution in [-0.4, -0.2) is 16.1 Å². The van der Waals surface area contributed by atoms with E-state index in [0.29, 0.717) is 0 Å². The third-order valence-corrected chi connectivity index (χ3v) is 1.70. The van der Waals surface area contributed by atoms with Crippen molar-refractivity contribution in [1.82, 2.24) is 4.98 Å². The molecule has 0 amide bonds. The molecule has 0 saturated heterocycles. The standard InChI is InChI=1S/C7H5BrFNO.BrH/c8-3-7(11)5-1-2-10-4-6(5)9;/h1-2,4H,3H2;1H. The average Bonchev–Trinajstić information content (AvgIpc) is 2.04. The van der Waals surface area contributed by atoms with Crippen LogP contribution >= 0.6 is 32.9 Å². The van der Waals surface area contributed by atoms with Crippen LogP contribution in [0.4, 0.5) is 4.39 Å². The number of carbonyl (C=O) groups excluding carboxylic acids is 1. The van der Waals surface area contributed by atoms with Gasteiger partial charge in [0.15, 0.2) is 11.6 Å². The maximum absolute atomic E-state index is 12.7. The summed E-state index contributed by atoms with van der Waals surface area (Å²) in [5, 5.41) is 0.133. The molecular weight excluding hydrogens is 293 g/mol. The summed E-state index contributed by atoms with van der Waals surface area (Å²) >= 11 is 2.95. The molecule has 0 aliphatic heterocycles. The highest BCUT2D eigenvalue weighted by Gasteiger charge is 2.08. The highest BCUT2D eigenvalue weighted by atomic mass is 79.9. The lowest BCUT2D eigenvalue weighted by atomic mass is 10.2. The summed E-state index contributed by atoms with van der Waals surface area (Å²) in [4.78, 5) is 14.4.